The highest BCUT2D eigenvalue weighted by molar-refractivity contribution is 7.21. The molecule has 0 radical (unpaired) electrons. The van der Waals surface area contributed by atoms with Crippen molar-refractivity contribution in [2.45, 2.75) is 20.1 Å². The number of hydrogen-bond acceptors (Lipinski definition) is 5. The molecule has 5 rings (SSSR count). The molecule has 0 aliphatic heterocycles. The van der Waals surface area contributed by atoms with Gasteiger partial charge in [0.25, 0.3) is 0 Å². The molecule has 1 N–H and O–H groups in total. The Morgan fingerprint density at radius 1 is 0.946 bits per heavy atom. The van der Waals surface area contributed by atoms with Gasteiger partial charge in [-0.2, -0.15) is 0 Å². The number of rotatable bonds is 8. The normalized spacial score (nSPS) is 11.1. The minimum atomic E-state index is -0.400. The largest absolute Gasteiger partial charge is 0.493 e. The number of ether oxygens (including phenoxy) is 2. The summed E-state index contributed by atoms with van der Waals surface area (Å²) in [6, 6.07) is 22.4. The number of nitrogens with zero attached hydrogens (tertiary/aromatic N) is 1. The molecule has 0 atom stereocenters. The van der Waals surface area contributed by atoms with Gasteiger partial charge in [-0.15, -0.1) is 11.3 Å². The second kappa shape index (κ2) is 11.0. The van der Waals surface area contributed by atoms with Crippen molar-refractivity contribution in [3.63, 3.8) is 0 Å². The van der Waals surface area contributed by atoms with Gasteiger partial charge < -0.3 is 14.8 Å². The van der Waals surface area contributed by atoms with Crippen LogP contribution in [0.15, 0.2) is 72.8 Å². The molecule has 0 saturated heterocycles. The summed E-state index contributed by atoms with van der Waals surface area (Å²) >= 11 is 14.3. The molecular weight excluding hydrogens is 530 g/mol. The zero-order valence-corrected chi connectivity index (χ0v) is 22.5. The van der Waals surface area contributed by atoms with Crippen LogP contribution >= 0.6 is 34.5 Å². The molecule has 1 heterocycles. The molecule has 37 heavy (non-hydrogen) atoms. The minimum absolute atomic E-state index is 0.132. The molecule has 188 valence electrons. The third kappa shape index (κ3) is 5.82. The standard InChI is InChI=1S/C29H23Cl2FN2O2S/c1-17-3-10-25-27(11-17)37-29(34-25)19-5-8-22(9-6-19)33-15-18-12-24(31)28(26(13-18)35-2)36-16-20-4-7-21(32)14-23(20)30/h3-14,33H,15-16H2,1-2H3. The number of fused-ring (bicyclic) bond motifs is 1. The average molecular weight is 553 g/mol. The average Bonchev–Trinajstić information content (AvgIpc) is 3.31. The van der Waals surface area contributed by atoms with Gasteiger partial charge in [0.05, 0.1) is 27.4 Å². The first-order chi connectivity index (χ1) is 17.9. The van der Waals surface area contributed by atoms with E-state index in [1.807, 2.05) is 24.3 Å². The molecule has 4 nitrogen and oxygen atoms in total. The molecule has 8 heteroatoms. The van der Waals surface area contributed by atoms with E-state index in [1.165, 1.54) is 22.4 Å². The van der Waals surface area contributed by atoms with Gasteiger partial charge in [-0.3, -0.25) is 0 Å². The first-order valence-corrected chi connectivity index (χ1v) is 13.1. The summed E-state index contributed by atoms with van der Waals surface area (Å²) in [5.74, 6) is 0.510. The Bertz CT molecular complexity index is 1570. The lowest BCUT2D eigenvalue weighted by atomic mass is 10.1. The first kappa shape index (κ1) is 25.3. The van der Waals surface area contributed by atoms with Crippen molar-refractivity contribution in [1.29, 1.82) is 0 Å². The summed E-state index contributed by atoms with van der Waals surface area (Å²) in [5.41, 5.74) is 5.89. The number of methoxy groups -OCH3 is 1. The number of aromatic nitrogens is 1. The van der Waals surface area contributed by atoms with Gasteiger partial charge in [0.2, 0.25) is 0 Å². The summed E-state index contributed by atoms with van der Waals surface area (Å²) in [7, 11) is 1.56. The van der Waals surface area contributed by atoms with Crippen molar-refractivity contribution in [3.8, 4) is 22.1 Å². The van der Waals surface area contributed by atoms with E-state index < -0.39 is 5.82 Å². The zero-order chi connectivity index (χ0) is 25.9. The van der Waals surface area contributed by atoms with Gasteiger partial charge >= 0.3 is 0 Å². The SMILES string of the molecule is COc1cc(CNc2ccc(-c3nc4ccc(C)cc4s3)cc2)cc(Cl)c1OCc1ccc(F)cc1Cl. The third-order valence-corrected chi connectivity index (χ3v) is 7.55. The second-order valence-electron chi connectivity index (χ2n) is 8.55. The topological polar surface area (TPSA) is 43.4 Å². The van der Waals surface area contributed by atoms with Gasteiger partial charge in [-0.05, 0) is 78.7 Å². The van der Waals surface area contributed by atoms with E-state index >= 15 is 0 Å². The predicted octanol–water partition coefficient (Wildman–Crippen LogP) is 8.92. The van der Waals surface area contributed by atoms with Crippen LogP contribution in [0.5, 0.6) is 11.5 Å². The number of anilines is 1. The second-order valence-corrected chi connectivity index (χ2v) is 10.4. The maximum Gasteiger partial charge on any atom is 0.180 e. The Labute approximate surface area is 228 Å². The number of halogens is 3. The fraction of sp³-hybridized carbons (Fsp3) is 0.138. The molecule has 0 spiro atoms. The van der Waals surface area contributed by atoms with Crippen molar-refractivity contribution in [1.82, 2.24) is 4.98 Å². The fourth-order valence-electron chi connectivity index (χ4n) is 3.89. The number of benzene rings is 4. The van der Waals surface area contributed by atoms with Crippen LogP contribution in [0.3, 0.4) is 0 Å². The molecular formula is C29H23Cl2FN2O2S. The summed E-state index contributed by atoms with van der Waals surface area (Å²) in [5, 5.41) is 5.12. The van der Waals surface area contributed by atoms with Crippen LogP contribution in [-0.2, 0) is 13.2 Å². The Kier molecular flexibility index (Phi) is 7.51. The molecule has 0 aliphatic rings. The third-order valence-electron chi connectivity index (χ3n) is 5.85. The lowest BCUT2D eigenvalue weighted by molar-refractivity contribution is 0.284. The van der Waals surface area contributed by atoms with Crippen LogP contribution in [0, 0.1) is 12.7 Å². The van der Waals surface area contributed by atoms with Crippen LogP contribution in [0.2, 0.25) is 10.0 Å². The number of aryl methyl sites for hydroxylation is 1. The van der Waals surface area contributed by atoms with Gasteiger partial charge in [0.15, 0.2) is 11.5 Å². The van der Waals surface area contributed by atoms with E-state index in [-0.39, 0.29) is 6.61 Å². The smallest absolute Gasteiger partial charge is 0.180 e. The molecule has 1 aromatic heterocycles. The monoisotopic (exact) mass is 552 g/mol. The van der Waals surface area contributed by atoms with Crippen molar-refractivity contribution < 1.29 is 13.9 Å². The highest BCUT2D eigenvalue weighted by atomic mass is 35.5. The lowest BCUT2D eigenvalue weighted by Gasteiger charge is -2.15. The maximum atomic E-state index is 13.3. The summed E-state index contributed by atoms with van der Waals surface area (Å²) in [4.78, 5) is 4.76. The van der Waals surface area contributed by atoms with Gasteiger partial charge in [-0.25, -0.2) is 9.37 Å². The number of thiazole rings is 1. The molecule has 0 saturated carbocycles. The van der Waals surface area contributed by atoms with Crippen LogP contribution in [0.4, 0.5) is 10.1 Å². The van der Waals surface area contributed by atoms with Crippen LogP contribution in [0.25, 0.3) is 20.8 Å². The van der Waals surface area contributed by atoms with Crippen LogP contribution in [-0.4, -0.2) is 12.1 Å². The van der Waals surface area contributed by atoms with Gasteiger partial charge in [-0.1, -0.05) is 35.3 Å². The molecule has 0 unspecified atom stereocenters. The lowest BCUT2D eigenvalue weighted by Crippen LogP contribution is -2.03. The Morgan fingerprint density at radius 2 is 1.76 bits per heavy atom. The first-order valence-electron chi connectivity index (χ1n) is 11.5. The van der Waals surface area contributed by atoms with E-state index in [9.17, 15) is 4.39 Å². The quantitative estimate of drug-likeness (QED) is 0.208. The Morgan fingerprint density at radius 3 is 2.51 bits per heavy atom. The number of hydrogen-bond donors (Lipinski definition) is 1. The summed E-state index contributed by atoms with van der Waals surface area (Å²) in [6.07, 6.45) is 0. The molecule has 4 aromatic carbocycles. The fourth-order valence-corrected chi connectivity index (χ4v) is 5.47. The van der Waals surface area contributed by atoms with E-state index in [4.69, 9.17) is 37.7 Å². The van der Waals surface area contributed by atoms with E-state index in [2.05, 4.69) is 42.6 Å². The van der Waals surface area contributed by atoms with Crippen molar-refractivity contribution in [2.24, 2.45) is 0 Å². The molecule has 0 bridgehead atoms. The minimum Gasteiger partial charge on any atom is -0.493 e. The molecule has 0 fully saturated rings. The van der Waals surface area contributed by atoms with Gasteiger partial charge in [0, 0.05) is 23.4 Å². The van der Waals surface area contributed by atoms with E-state index in [0.717, 1.165) is 27.3 Å². The highest BCUT2D eigenvalue weighted by Crippen LogP contribution is 2.38. The molecule has 0 amide bonds. The highest BCUT2D eigenvalue weighted by Gasteiger charge is 2.14. The van der Waals surface area contributed by atoms with Crippen LogP contribution in [0.1, 0.15) is 16.7 Å². The van der Waals surface area contributed by atoms with E-state index in [1.54, 1.807) is 24.5 Å². The van der Waals surface area contributed by atoms with E-state index in [0.29, 0.717) is 33.7 Å². The molecule has 0 aliphatic carbocycles. The molecule has 5 aromatic rings. The maximum absolute atomic E-state index is 13.3. The van der Waals surface area contributed by atoms with Crippen LogP contribution < -0.4 is 14.8 Å². The van der Waals surface area contributed by atoms with Crippen molar-refractivity contribution in [2.75, 3.05) is 12.4 Å². The zero-order valence-electron chi connectivity index (χ0n) is 20.1. The Balaban J connectivity index is 1.25. The van der Waals surface area contributed by atoms with Crippen molar-refractivity contribution >= 4 is 50.4 Å². The summed E-state index contributed by atoms with van der Waals surface area (Å²) < 4.78 is 25.9. The Hall–Kier alpha value is -3.32. The predicted molar refractivity (Wildman–Crippen MR) is 151 cm³/mol. The van der Waals surface area contributed by atoms with Crippen molar-refractivity contribution in [3.05, 3.63) is 105 Å². The number of nitrogens with one attached hydrogen (secondary N) is 1. The van der Waals surface area contributed by atoms with Gasteiger partial charge in [0.1, 0.15) is 17.4 Å². The summed E-state index contributed by atoms with van der Waals surface area (Å²) in [6.45, 7) is 2.76.